The average molecular weight is 588 g/mol. The maximum Gasteiger partial charge on any atom is 0.179 e. The number of nitrogens with zero attached hydrogens (tertiary/aromatic N) is 5. The van der Waals surface area contributed by atoms with Crippen LogP contribution in [-0.4, -0.2) is 21.5 Å². The first-order valence-corrected chi connectivity index (χ1v) is 14.1. The van der Waals surface area contributed by atoms with Gasteiger partial charge >= 0.3 is 0 Å². The predicted octanol–water partition coefficient (Wildman–Crippen LogP) is 8.36. The highest BCUT2D eigenvalue weighted by molar-refractivity contribution is 9.10. The molecule has 7 heteroatoms. The Bertz CT molecular complexity index is 1840. The van der Waals surface area contributed by atoms with Crippen molar-refractivity contribution in [2.45, 2.75) is 26.8 Å². The van der Waals surface area contributed by atoms with Crippen molar-refractivity contribution in [2.24, 2.45) is 9.98 Å². The summed E-state index contributed by atoms with van der Waals surface area (Å²) in [6.07, 6.45) is 0. The lowest BCUT2D eigenvalue weighted by Crippen LogP contribution is -2.46. The molecule has 2 aliphatic heterocycles. The Kier molecular flexibility index (Phi) is 5.90. The van der Waals surface area contributed by atoms with Gasteiger partial charge in [0.25, 0.3) is 0 Å². The third-order valence-corrected chi connectivity index (χ3v) is 7.94. The third kappa shape index (κ3) is 4.05. The molecule has 196 valence electrons. The maximum atomic E-state index is 5.33. The first kappa shape index (κ1) is 24.5. The van der Waals surface area contributed by atoms with E-state index in [1.165, 1.54) is 5.56 Å². The number of benzene rings is 4. The lowest BCUT2D eigenvalue weighted by Gasteiger charge is -2.40. The normalized spacial score (nSPS) is 15.5. The second kappa shape index (κ2) is 9.61. The quantitative estimate of drug-likeness (QED) is 0.231. The van der Waals surface area contributed by atoms with E-state index in [4.69, 9.17) is 15.1 Å². The van der Waals surface area contributed by atoms with Crippen molar-refractivity contribution < 1.29 is 0 Å². The van der Waals surface area contributed by atoms with E-state index in [9.17, 15) is 0 Å². The first-order valence-electron chi connectivity index (χ1n) is 13.3. The number of nitrogens with one attached hydrogen (secondary N) is 1. The van der Waals surface area contributed by atoms with E-state index in [0.29, 0.717) is 5.84 Å². The number of aromatic nitrogens is 2. The number of hydrogen-bond acceptors (Lipinski definition) is 5. The molecule has 0 fully saturated rings. The molecule has 0 saturated carbocycles. The molecule has 0 bridgehead atoms. The molecule has 0 amide bonds. The van der Waals surface area contributed by atoms with Gasteiger partial charge in [0.1, 0.15) is 0 Å². The summed E-state index contributed by atoms with van der Waals surface area (Å²) in [6.45, 7) is 6.28. The van der Waals surface area contributed by atoms with E-state index in [-0.39, 0.29) is 6.04 Å². The van der Waals surface area contributed by atoms with Crippen molar-refractivity contribution in [3.05, 3.63) is 129 Å². The number of fused-ring (bicyclic) bond motifs is 4. The number of rotatable bonds is 3. The number of aryl methyl sites for hydroxylation is 3. The Balaban J connectivity index is 1.51. The minimum absolute atomic E-state index is 0.162. The van der Waals surface area contributed by atoms with E-state index in [1.54, 1.807) is 0 Å². The predicted molar refractivity (Wildman–Crippen MR) is 167 cm³/mol. The van der Waals surface area contributed by atoms with Gasteiger partial charge in [-0.05, 0) is 79.9 Å². The number of aliphatic imine (C=N–C) groups is 2. The summed E-state index contributed by atoms with van der Waals surface area (Å²) >= 11 is 3.71. The van der Waals surface area contributed by atoms with Crippen molar-refractivity contribution >= 4 is 50.5 Å². The van der Waals surface area contributed by atoms with Gasteiger partial charge in [-0.2, -0.15) is 5.10 Å². The Hall–Kier alpha value is -4.49. The molecule has 1 aromatic heterocycles. The largest absolute Gasteiger partial charge is 0.337 e. The fraction of sp³-hybridized carbons (Fsp3) is 0.121. The highest BCUT2D eigenvalue weighted by Gasteiger charge is 2.41. The minimum atomic E-state index is -0.162. The summed E-state index contributed by atoms with van der Waals surface area (Å²) in [7, 11) is 0. The van der Waals surface area contributed by atoms with Crippen molar-refractivity contribution in [1.29, 1.82) is 0 Å². The van der Waals surface area contributed by atoms with Gasteiger partial charge in [-0.25, -0.2) is 14.7 Å². The monoisotopic (exact) mass is 586 g/mol. The van der Waals surface area contributed by atoms with Crippen molar-refractivity contribution in [3.63, 3.8) is 0 Å². The van der Waals surface area contributed by atoms with Crippen LogP contribution in [-0.2, 0) is 0 Å². The first-order chi connectivity index (χ1) is 19.5. The SMILES string of the molecule is Cc1ccc(C)c(NC2=Nc3ccccc3N3C2=Nc2c(c(C)nn2-c2ccccc2)[C@@H]3c2cccc(Br)c2)c1. The minimum Gasteiger partial charge on any atom is -0.337 e. The zero-order chi connectivity index (χ0) is 27.4. The van der Waals surface area contributed by atoms with Crippen LogP contribution in [0.1, 0.15) is 34.0 Å². The second-order valence-electron chi connectivity index (χ2n) is 10.2. The van der Waals surface area contributed by atoms with Gasteiger partial charge in [0, 0.05) is 15.7 Å². The summed E-state index contributed by atoms with van der Waals surface area (Å²) in [4.78, 5) is 12.8. The molecule has 0 aliphatic carbocycles. The van der Waals surface area contributed by atoms with Gasteiger partial charge in [0.05, 0.1) is 28.8 Å². The topological polar surface area (TPSA) is 57.8 Å². The van der Waals surface area contributed by atoms with Crippen LogP contribution < -0.4 is 10.2 Å². The number of amidine groups is 2. The lowest BCUT2D eigenvalue weighted by molar-refractivity contribution is 0.815. The number of para-hydroxylation sites is 3. The summed E-state index contributed by atoms with van der Waals surface area (Å²) in [5.41, 5.74) is 9.36. The highest BCUT2D eigenvalue weighted by atomic mass is 79.9. The Morgan fingerprint density at radius 3 is 2.42 bits per heavy atom. The van der Waals surface area contributed by atoms with Crippen LogP contribution in [0, 0.1) is 20.8 Å². The molecular weight excluding hydrogens is 560 g/mol. The van der Waals surface area contributed by atoms with Crippen LogP contribution in [0.25, 0.3) is 5.69 Å². The van der Waals surface area contributed by atoms with Gasteiger partial charge in [0.2, 0.25) is 0 Å². The number of hydrogen-bond donors (Lipinski definition) is 1. The number of halogens is 1. The smallest absolute Gasteiger partial charge is 0.179 e. The Labute approximate surface area is 241 Å². The van der Waals surface area contributed by atoms with Crippen LogP contribution in [0.2, 0.25) is 0 Å². The molecule has 7 rings (SSSR count). The van der Waals surface area contributed by atoms with Gasteiger partial charge in [-0.15, -0.1) is 0 Å². The van der Waals surface area contributed by atoms with Crippen LogP contribution >= 0.6 is 15.9 Å². The van der Waals surface area contributed by atoms with Crippen molar-refractivity contribution in [2.75, 3.05) is 10.2 Å². The zero-order valence-corrected chi connectivity index (χ0v) is 24.0. The summed E-state index contributed by atoms with van der Waals surface area (Å²) in [5, 5.41) is 8.67. The maximum absolute atomic E-state index is 5.33. The molecule has 2 aliphatic rings. The van der Waals surface area contributed by atoms with Gasteiger partial charge in [0.15, 0.2) is 17.5 Å². The Morgan fingerprint density at radius 1 is 0.800 bits per heavy atom. The van der Waals surface area contributed by atoms with Crippen molar-refractivity contribution in [1.82, 2.24) is 9.78 Å². The second-order valence-corrected chi connectivity index (χ2v) is 11.1. The van der Waals surface area contributed by atoms with Crippen LogP contribution in [0.4, 0.5) is 22.9 Å². The molecule has 0 spiro atoms. The fourth-order valence-corrected chi connectivity index (χ4v) is 5.95. The highest BCUT2D eigenvalue weighted by Crippen LogP contribution is 2.48. The van der Waals surface area contributed by atoms with Crippen molar-refractivity contribution in [3.8, 4) is 5.69 Å². The lowest BCUT2D eigenvalue weighted by atomic mass is 9.93. The Morgan fingerprint density at radius 2 is 1.60 bits per heavy atom. The molecule has 6 nitrogen and oxygen atoms in total. The molecular formula is C33H27BrN6. The van der Waals surface area contributed by atoms with E-state index in [2.05, 4.69) is 120 Å². The molecule has 40 heavy (non-hydrogen) atoms. The molecule has 3 heterocycles. The fourth-order valence-electron chi connectivity index (χ4n) is 5.54. The van der Waals surface area contributed by atoms with Gasteiger partial charge in [-0.1, -0.05) is 70.5 Å². The van der Waals surface area contributed by atoms with Crippen LogP contribution in [0.3, 0.4) is 0 Å². The molecule has 5 aromatic rings. The average Bonchev–Trinajstić information content (AvgIpc) is 3.30. The molecule has 0 saturated heterocycles. The molecule has 0 unspecified atom stereocenters. The van der Waals surface area contributed by atoms with Gasteiger partial charge in [-0.3, -0.25) is 0 Å². The molecule has 1 N–H and O–H groups in total. The third-order valence-electron chi connectivity index (χ3n) is 7.45. The standard InChI is InChI=1S/C33H27BrN6/c1-20-16-17-21(2)27(18-20)36-31-33-37-32-29(22(3)38-40(32)25-12-5-4-6-13-25)30(23-10-9-11-24(34)19-23)39(33)28-15-8-7-14-26(28)35-31/h4-19,30H,1-3H3,(H,35,36)/t30-/m0/s1. The van der Waals surface area contributed by atoms with Gasteiger partial charge < -0.3 is 10.2 Å². The molecule has 0 radical (unpaired) electrons. The molecule has 4 aromatic carbocycles. The van der Waals surface area contributed by atoms with Crippen LogP contribution in [0.15, 0.2) is 112 Å². The van der Waals surface area contributed by atoms with E-state index in [1.807, 2.05) is 28.9 Å². The summed E-state index contributed by atoms with van der Waals surface area (Å²) < 4.78 is 2.98. The van der Waals surface area contributed by atoms with E-state index in [0.717, 1.165) is 61.3 Å². The summed E-state index contributed by atoms with van der Waals surface area (Å²) in [5.74, 6) is 2.28. The van der Waals surface area contributed by atoms with E-state index >= 15 is 0 Å². The molecule has 1 atom stereocenters. The van der Waals surface area contributed by atoms with E-state index < -0.39 is 0 Å². The number of anilines is 2. The zero-order valence-electron chi connectivity index (χ0n) is 22.4. The van der Waals surface area contributed by atoms with Crippen LogP contribution in [0.5, 0.6) is 0 Å². The summed E-state index contributed by atoms with van der Waals surface area (Å²) in [6, 6.07) is 33.2.